The maximum absolute atomic E-state index is 13.4. The highest BCUT2D eigenvalue weighted by atomic mass is 32.2. The third-order valence-electron chi connectivity index (χ3n) is 4.98. The Labute approximate surface area is 195 Å². The molecule has 162 valence electrons. The van der Waals surface area contributed by atoms with Crippen LogP contribution in [-0.2, 0) is 9.84 Å². The molecule has 0 unspecified atom stereocenters. The van der Waals surface area contributed by atoms with Gasteiger partial charge in [0.25, 0.3) is 0 Å². The van der Waals surface area contributed by atoms with Crippen molar-refractivity contribution < 1.29 is 13.5 Å². The van der Waals surface area contributed by atoms with Gasteiger partial charge >= 0.3 is 0 Å². The molecule has 1 aromatic heterocycles. The van der Waals surface area contributed by atoms with E-state index in [-0.39, 0.29) is 21.4 Å². The normalized spacial score (nSPS) is 11.4. The van der Waals surface area contributed by atoms with Crippen molar-refractivity contribution in [3.8, 4) is 28.0 Å². The molecule has 0 atom stereocenters. The molecule has 0 aliphatic rings. The van der Waals surface area contributed by atoms with Crippen molar-refractivity contribution in [2.75, 3.05) is 6.26 Å². The van der Waals surface area contributed by atoms with Crippen LogP contribution in [0.4, 0.5) is 0 Å². The summed E-state index contributed by atoms with van der Waals surface area (Å²) in [5.41, 5.74) is 8.25. The first-order chi connectivity index (χ1) is 15.3. The third kappa shape index (κ3) is 4.04. The van der Waals surface area contributed by atoms with Crippen molar-refractivity contribution in [3.05, 3.63) is 83.7 Å². The Morgan fingerprint density at radius 2 is 1.56 bits per heavy atom. The second-order valence-corrected chi connectivity index (χ2v) is 11.0. The van der Waals surface area contributed by atoms with Crippen molar-refractivity contribution in [1.82, 2.24) is 0 Å². The van der Waals surface area contributed by atoms with Gasteiger partial charge in [-0.05, 0) is 35.6 Å². The fourth-order valence-corrected chi connectivity index (χ4v) is 7.31. The van der Waals surface area contributed by atoms with Crippen LogP contribution in [0.3, 0.4) is 0 Å². The van der Waals surface area contributed by atoms with E-state index in [0.717, 1.165) is 5.56 Å². The number of thiophene rings is 1. The van der Waals surface area contributed by atoms with Crippen LogP contribution < -0.4 is 5.73 Å². The minimum absolute atomic E-state index is 0.0902. The van der Waals surface area contributed by atoms with Crippen molar-refractivity contribution in [2.24, 2.45) is 5.73 Å². The molecule has 4 rings (SSSR count). The van der Waals surface area contributed by atoms with Gasteiger partial charge in [0, 0.05) is 11.1 Å². The minimum Gasteiger partial charge on any atom is -0.507 e. The van der Waals surface area contributed by atoms with Crippen molar-refractivity contribution in [3.63, 3.8) is 0 Å². The number of nitrogens with one attached hydrogen (secondary N) is 1. The number of aromatic hydroxyl groups is 1. The zero-order valence-corrected chi connectivity index (χ0v) is 19.5. The monoisotopic (exact) mass is 480 g/mol. The summed E-state index contributed by atoms with van der Waals surface area (Å²) in [4.78, 5) is 0.666. The number of benzene rings is 3. The quantitative estimate of drug-likeness (QED) is 0.189. The van der Waals surface area contributed by atoms with E-state index in [1.54, 1.807) is 30.5 Å². The number of para-hydroxylation sites is 1. The lowest BCUT2D eigenvalue weighted by atomic mass is 9.97. The molecule has 0 aliphatic heterocycles. The highest BCUT2D eigenvalue weighted by Crippen LogP contribution is 2.40. The number of phenols is 1. The summed E-state index contributed by atoms with van der Waals surface area (Å²) in [6.45, 7) is 0. The number of nitrogen functional groups attached to an aromatic ring is 1. The van der Waals surface area contributed by atoms with Gasteiger partial charge in [-0.3, -0.25) is 5.41 Å². The molecule has 0 saturated heterocycles. The standard InChI is InChI=1S/C24H20N2O3S3/c1-30-24-21(14-20(31-24)23(25)26)32(28,29)17-10-5-9-16(13-17)19-12-6-11-18(22(19)27)15-7-3-2-4-8-15/h2-14,27H,1H3,(H3,25,26). The lowest BCUT2D eigenvalue weighted by Gasteiger charge is -2.12. The van der Waals surface area contributed by atoms with E-state index in [0.29, 0.717) is 25.8 Å². The van der Waals surface area contributed by atoms with Crippen LogP contribution in [0.2, 0.25) is 0 Å². The molecule has 4 N–H and O–H groups in total. The molecule has 8 heteroatoms. The molecule has 5 nitrogen and oxygen atoms in total. The van der Waals surface area contributed by atoms with Crippen LogP contribution in [0.5, 0.6) is 5.75 Å². The zero-order valence-electron chi connectivity index (χ0n) is 17.1. The van der Waals surface area contributed by atoms with E-state index < -0.39 is 9.84 Å². The molecule has 0 spiro atoms. The Kier molecular flexibility index (Phi) is 6.10. The number of sulfone groups is 1. The Morgan fingerprint density at radius 1 is 0.938 bits per heavy atom. The molecule has 0 fully saturated rings. The first-order valence-electron chi connectivity index (χ1n) is 9.58. The van der Waals surface area contributed by atoms with Crippen molar-refractivity contribution in [2.45, 2.75) is 14.0 Å². The molecule has 0 bridgehead atoms. The first-order valence-corrected chi connectivity index (χ1v) is 13.1. The van der Waals surface area contributed by atoms with Crippen LogP contribution in [0.1, 0.15) is 4.88 Å². The molecule has 32 heavy (non-hydrogen) atoms. The summed E-state index contributed by atoms with van der Waals surface area (Å²) >= 11 is 2.49. The highest BCUT2D eigenvalue weighted by molar-refractivity contribution is 8.01. The van der Waals surface area contributed by atoms with Gasteiger partial charge in [-0.1, -0.05) is 60.7 Å². The summed E-state index contributed by atoms with van der Waals surface area (Å²) < 4.78 is 27.4. The lowest BCUT2D eigenvalue weighted by Crippen LogP contribution is -2.08. The predicted molar refractivity (Wildman–Crippen MR) is 132 cm³/mol. The van der Waals surface area contributed by atoms with Gasteiger partial charge in [0.1, 0.15) is 11.6 Å². The Morgan fingerprint density at radius 3 is 2.22 bits per heavy atom. The highest BCUT2D eigenvalue weighted by Gasteiger charge is 2.25. The zero-order chi connectivity index (χ0) is 22.9. The third-order valence-corrected chi connectivity index (χ3v) is 9.32. The fraction of sp³-hybridized carbons (Fsp3) is 0.0417. The summed E-state index contributed by atoms with van der Waals surface area (Å²) in [6, 6.07) is 22.9. The number of phenolic OH excluding ortho intramolecular Hbond substituents is 1. The number of nitrogens with two attached hydrogens (primary N) is 1. The molecule has 0 amide bonds. The van der Waals surface area contributed by atoms with Gasteiger partial charge in [0.2, 0.25) is 9.84 Å². The van der Waals surface area contributed by atoms with E-state index in [9.17, 15) is 13.5 Å². The molecule has 3 aromatic carbocycles. The molecule has 4 aromatic rings. The fourth-order valence-electron chi connectivity index (χ4n) is 3.40. The van der Waals surface area contributed by atoms with Crippen molar-refractivity contribution in [1.29, 1.82) is 5.41 Å². The van der Waals surface area contributed by atoms with Gasteiger partial charge in [-0.2, -0.15) is 0 Å². The van der Waals surface area contributed by atoms with Gasteiger partial charge in [-0.25, -0.2) is 8.42 Å². The second kappa shape index (κ2) is 8.82. The predicted octanol–water partition coefficient (Wildman–Crippen LogP) is 5.63. The van der Waals surface area contributed by atoms with E-state index in [2.05, 4.69) is 0 Å². The number of rotatable bonds is 6. The number of thioether (sulfide) groups is 1. The SMILES string of the molecule is CSc1sc(C(=N)N)cc1S(=O)(=O)c1cccc(-c2cccc(-c3ccccc3)c2O)c1. The van der Waals surface area contributed by atoms with Crippen molar-refractivity contribution >= 4 is 38.8 Å². The van der Waals surface area contributed by atoms with Gasteiger partial charge < -0.3 is 10.8 Å². The number of amidine groups is 1. The van der Waals surface area contributed by atoms with Gasteiger partial charge in [-0.15, -0.1) is 23.1 Å². The molecular formula is C24H20N2O3S3. The van der Waals surface area contributed by atoms with Crippen LogP contribution >= 0.6 is 23.1 Å². The largest absolute Gasteiger partial charge is 0.507 e. The smallest absolute Gasteiger partial charge is 0.208 e. The minimum atomic E-state index is -3.84. The average Bonchev–Trinajstić information content (AvgIpc) is 3.26. The van der Waals surface area contributed by atoms with Crippen LogP contribution in [-0.4, -0.2) is 25.6 Å². The van der Waals surface area contributed by atoms with Crippen LogP contribution in [0, 0.1) is 5.41 Å². The van der Waals surface area contributed by atoms with E-state index in [4.69, 9.17) is 11.1 Å². The summed E-state index contributed by atoms with van der Waals surface area (Å²) in [7, 11) is -3.84. The average molecular weight is 481 g/mol. The van der Waals surface area contributed by atoms with E-state index in [1.807, 2.05) is 42.5 Å². The topological polar surface area (TPSA) is 104 Å². The maximum atomic E-state index is 13.4. The second-order valence-electron chi connectivity index (χ2n) is 6.98. The first kappa shape index (κ1) is 22.1. The Bertz CT molecular complexity index is 1410. The van der Waals surface area contributed by atoms with Gasteiger partial charge in [0.05, 0.1) is 18.9 Å². The van der Waals surface area contributed by atoms with E-state index >= 15 is 0 Å². The van der Waals surface area contributed by atoms with Crippen LogP contribution in [0.15, 0.2) is 92.9 Å². The molecule has 0 saturated carbocycles. The molecule has 0 radical (unpaired) electrons. The number of hydrogen-bond donors (Lipinski definition) is 3. The van der Waals surface area contributed by atoms with E-state index in [1.165, 1.54) is 35.2 Å². The summed E-state index contributed by atoms with van der Waals surface area (Å²) in [6.07, 6.45) is 1.79. The number of hydrogen-bond acceptors (Lipinski definition) is 6. The Hall–Kier alpha value is -3.07. The molecule has 0 aliphatic carbocycles. The van der Waals surface area contributed by atoms with Gasteiger partial charge in [0.15, 0.2) is 0 Å². The Balaban J connectivity index is 1.81. The summed E-state index contributed by atoms with van der Waals surface area (Å²) in [5.74, 6) is -0.0735. The maximum Gasteiger partial charge on any atom is 0.208 e. The van der Waals surface area contributed by atoms with Crippen LogP contribution in [0.25, 0.3) is 22.3 Å². The lowest BCUT2D eigenvalue weighted by molar-refractivity contribution is 0.479. The molecule has 1 heterocycles. The summed E-state index contributed by atoms with van der Waals surface area (Å²) in [5, 5.41) is 18.6. The molecular weight excluding hydrogens is 460 g/mol.